The molecule has 31 heavy (non-hydrogen) atoms. The Morgan fingerprint density at radius 1 is 1.13 bits per heavy atom. The molecule has 1 aliphatic heterocycles. The second-order valence-electron chi connectivity index (χ2n) is 6.90. The van der Waals surface area contributed by atoms with Gasteiger partial charge in [0.1, 0.15) is 4.21 Å². The van der Waals surface area contributed by atoms with Crippen molar-refractivity contribution in [3.05, 3.63) is 74.3 Å². The number of nitrogens with zero attached hydrogens (tertiary/aromatic N) is 1. The van der Waals surface area contributed by atoms with E-state index in [9.17, 15) is 18.0 Å². The zero-order chi connectivity index (χ0) is 22.0. The van der Waals surface area contributed by atoms with Crippen LogP contribution in [0.3, 0.4) is 0 Å². The summed E-state index contributed by atoms with van der Waals surface area (Å²) >= 11 is 8.10. The zero-order valence-corrected chi connectivity index (χ0v) is 19.4. The summed E-state index contributed by atoms with van der Waals surface area (Å²) in [5.41, 5.74) is 1.78. The van der Waals surface area contributed by atoms with E-state index in [0.717, 1.165) is 33.8 Å². The van der Waals surface area contributed by atoms with Gasteiger partial charge in [0.05, 0.1) is 21.7 Å². The Bertz CT molecular complexity index is 1200. The van der Waals surface area contributed by atoms with E-state index in [-0.39, 0.29) is 23.0 Å². The van der Waals surface area contributed by atoms with Gasteiger partial charge in [-0.2, -0.15) is 4.31 Å². The third-order valence-electron chi connectivity index (χ3n) is 4.99. The lowest BCUT2D eigenvalue weighted by Crippen LogP contribution is -2.41. The third-order valence-corrected chi connectivity index (χ3v) is 9.55. The standard InChI is InChI=1S/C21H18ClNO5S3/c22-19-8-7-18(30-19)17(24)13-28-20(25)12-16-15-5-2-1-4-14(15)9-10-23(16)31(26,27)21-6-3-11-29-21/h1-8,11,16H,9-10,12-13H2. The lowest BCUT2D eigenvalue weighted by molar-refractivity contribution is -0.143. The molecule has 0 fully saturated rings. The molecule has 0 radical (unpaired) electrons. The van der Waals surface area contributed by atoms with Crippen molar-refractivity contribution in [1.29, 1.82) is 0 Å². The molecule has 6 nitrogen and oxygen atoms in total. The summed E-state index contributed by atoms with van der Waals surface area (Å²) in [6.07, 6.45) is 0.379. The number of carbonyl (C=O) groups is 2. The number of ether oxygens (including phenoxy) is 1. The van der Waals surface area contributed by atoms with E-state index in [1.165, 1.54) is 4.31 Å². The largest absolute Gasteiger partial charge is 0.457 e. The van der Waals surface area contributed by atoms with Gasteiger partial charge >= 0.3 is 5.97 Å². The van der Waals surface area contributed by atoms with Gasteiger partial charge in [-0.25, -0.2) is 8.42 Å². The molecule has 0 saturated carbocycles. The van der Waals surface area contributed by atoms with Gasteiger partial charge in [-0.15, -0.1) is 22.7 Å². The van der Waals surface area contributed by atoms with Gasteiger partial charge in [0.15, 0.2) is 6.61 Å². The highest BCUT2D eigenvalue weighted by atomic mass is 35.5. The molecule has 1 unspecified atom stereocenters. The minimum absolute atomic E-state index is 0.180. The fourth-order valence-electron chi connectivity index (χ4n) is 3.55. The van der Waals surface area contributed by atoms with E-state index in [2.05, 4.69) is 0 Å². The van der Waals surface area contributed by atoms with Gasteiger partial charge in [-0.1, -0.05) is 41.9 Å². The predicted molar refractivity (Wildman–Crippen MR) is 120 cm³/mol. The van der Waals surface area contributed by atoms with Gasteiger partial charge in [0, 0.05) is 6.54 Å². The molecule has 0 saturated heterocycles. The molecule has 2 aromatic heterocycles. The molecule has 0 bridgehead atoms. The predicted octanol–water partition coefficient (Wildman–Crippen LogP) is 4.57. The van der Waals surface area contributed by atoms with E-state index >= 15 is 0 Å². The molecule has 1 aliphatic rings. The summed E-state index contributed by atoms with van der Waals surface area (Å²) in [5, 5.41) is 1.70. The molecular formula is C21H18ClNO5S3. The maximum absolute atomic E-state index is 13.2. The summed E-state index contributed by atoms with van der Waals surface area (Å²) in [5.74, 6) is -0.985. The molecule has 0 aliphatic carbocycles. The molecule has 1 aromatic carbocycles. The first-order valence-corrected chi connectivity index (χ1v) is 12.9. The number of carbonyl (C=O) groups excluding carboxylic acids is 2. The van der Waals surface area contributed by atoms with Crippen LogP contribution in [0.25, 0.3) is 0 Å². The number of hydrogen-bond donors (Lipinski definition) is 0. The van der Waals surface area contributed by atoms with Crippen LogP contribution in [0.5, 0.6) is 0 Å². The van der Waals surface area contributed by atoms with Crippen molar-refractivity contribution in [2.75, 3.05) is 13.2 Å². The summed E-state index contributed by atoms with van der Waals surface area (Å²) < 4.78 is 33.7. The summed E-state index contributed by atoms with van der Waals surface area (Å²) in [7, 11) is -3.76. The van der Waals surface area contributed by atoms with Crippen LogP contribution in [-0.2, 0) is 26.0 Å². The molecular weight excluding hydrogens is 478 g/mol. The highest BCUT2D eigenvalue weighted by molar-refractivity contribution is 7.91. The maximum atomic E-state index is 13.2. The van der Waals surface area contributed by atoms with Crippen molar-refractivity contribution in [3.8, 4) is 0 Å². The number of sulfonamides is 1. The first-order chi connectivity index (χ1) is 14.9. The quantitative estimate of drug-likeness (QED) is 0.354. The van der Waals surface area contributed by atoms with E-state index in [0.29, 0.717) is 15.6 Å². The van der Waals surface area contributed by atoms with Gasteiger partial charge in [-0.05, 0) is 41.1 Å². The normalized spacial score (nSPS) is 16.6. The number of benzene rings is 1. The SMILES string of the molecule is O=C(CC1c2ccccc2CCN1S(=O)(=O)c1cccs1)OCC(=O)c1ccc(Cl)s1. The topological polar surface area (TPSA) is 80.8 Å². The second kappa shape index (κ2) is 9.22. The Hall–Kier alpha value is -2.04. The molecule has 0 N–H and O–H groups in total. The minimum Gasteiger partial charge on any atom is -0.457 e. The van der Waals surface area contributed by atoms with E-state index in [1.54, 1.807) is 29.6 Å². The fourth-order valence-corrected chi connectivity index (χ4v) is 7.24. The van der Waals surface area contributed by atoms with Crippen LogP contribution in [0.15, 0.2) is 58.1 Å². The van der Waals surface area contributed by atoms with Crippen molar-refractivity contribution >= 4 is 56.1 Å². The molecule has 10 heteroatoms. The van der Waals surface area contributed by atoms with Gasteiger partial charge in [0.25, 0.3) is 10.0 Å². The van der Waals surface area contributed by atoms with Gasteiger partial charge in [0.2, 0.25) is 5.78 Å². The van der Waals surface area contributed by atoms with Crippen LogP contribution < -0.4 is 0 Å². The summed E-state index contributed by atoms with van der Waals surface area (Å²) in [6.45, 7) is -0.149. The van der Waals surface area contributed by atoms with Crippen molar-refractivity contribution in [2.24, 2.45) is 0 Å². The van der Waals surface area contributed by atoms with Crippen LogP contribution in [0.2, 0.25) is 4.34 Å². The highest BCUT2D eigenvalue weighted by Crippen LogP contribution is 2.37. The lowest BCUT2D eigenvalue weighted by Gasteiger charge is -2.35. The average molecular weight is 496 g/mol. The van der Waals surface area contributed by atoms with E-state index in [4.69, 9.17) is 16.3 Å². The van der Waals surface area contributed by atoms with Crippen molar-refractivity contribution in [1.82, 2.24) is 4.31 Å². The number of ketones is 1. The zero-order valence-electron chi connectivity index (χ0n) is 16.2. The monoisotopic (exact) mass is 495 g/mol. The fraction of sp³-hybridized carbons (Fsp3) is 0.238. The van der Waals surface area contributed by atoms with Crippen molar-refractivity contribution < 1.29 is 22.7 Å². The number of Topliss-reactive ketones (excluding diaryl/α,β-unsaturated/α-hetero) is 1. The lowest BCUT2D eigenvalue weighted by atomic mass is 9.92. The molecule has 1 atom stereocenters. The van der Waals surface area contributed by atoms with E-state index < -0.39 is 28.6 Å². The minimum atomic E-state index is -3.76. The molecule has 162 valence electrons. The van der Waals surface area contributed by atoms with Crippen LogP contribution in [-0.4, -0.2) is 37.6 Å². The number of esters is 1. The molecule has 0 amide bonds. The first-order valence-electron chi connectivity index (χ1n) is 9.43. The number of rotatable bonds is 7. The number of fused-ring (bicyclic) bond motifs is 1. The molecule has 0 spiro atoms. The third kappa shape index (κ3) is 4.75. The summed E-state index contributed by atoms with van der Waals surface area (Å²) in [4.78, 5) is 25.2. The number of halogens is 1. The van der Waals surface area contributed by atoms with Gasteiger partial charge in [-0.3, -0.25) is 9.59 Å². The van der Waals surface area contributed by atoms with Crippen molar-refractivity contribution in [3.63, 3.8) is 0 Å². The highest BCUT2D eigenvalue weighted by Gasteiger charge is 2.38. The molecule has 3 aromatic rings. The summed E-state index contributed by atoms with van der Waals surface area (Å²) in [6, 6.07) is 13.2. The van der Waals surface area contributed by atoms with Gasteiger partial charge < -0.3 is 4.74 Å². The Kier molecular flexibility index (Phi) is 6.59. The average Bonchev–Trinajstić information content (AvgIpc) is 3.44. The van der Waals surface area contributed by atoms with Crippen LogP contribution >= 0.6 is 34.3 Å². The molecule has 3 heterocycles. The Labute approximate surface area is 193 Å². The Morgan fingerprint density at radius 3 is 2.65 bits per heavy atom. The number of thiophene rings is 2. The van der Waals surface area contributed by atoms with E-state index in [1.807, 2.05) is 24.3 Å². The Morgan fingerprint density at radius 2 is 1.94 bits per heavy atom. The Balaban J connectivity index is 1.54. The first kappa shape index (κ1) is 22.2. The van der Waals surface area contributed by atoms with Crippen molar-refractivity contribution in [2.45, 2.75) is 23.1 Å². The smallest absolute Gasteiger partial charge is 0.308 e. The molecule has 4 rings (SSSR count). The van der Waals surface area contributed by atoms with Crippen LogP contribution in [0.4, 0.5) is 0 Å². The van der Waals surface area contributed by atoms with Crippen LogP contribution in [0.1, 0.15) is 33.3 Å². The maximum Gasteiger partial charge on any atom is 0.308 e. The second-order valence-corrected chi connectivity index (χ2v) is 11.7. The van der Waals surface area contributed by atoms with Crippen LogP contribution in [0, 0.1) is 0 Å². The number of hydrogen-bond acceptors (Lipinski definition) is 7.